The highest BCUT2D eigenvalue weighted by Gasteiger charge is 2.65. The number of anilines is 1. The summed E-state index contributed by atoms with van der Waals surface area (Å²) >= 11 is 3.38. The SMILES string of the molecule is Cc1c(N)cc(Br)cc1C(=O)NC1C(C)(C)C1(C)C. The van der Waals surface area contributed by atoms with E-state index < -0.39 is 0 Å². The molecule has 0 saturated heterocycles. The number of benzene rings is 1. The normalized spacial score (nSPS) is 20.1. The van der Waals surface area contributed by atoms with Crippen LogP contribution in [0.4, 0.5) is 5.69 Å². The fraction of sp³-hybridized carbons (Fsp3) is 0.533. The predicted molar refractivity (Wildman–Crippen MR) is 82.1 cm³/mol. The Hall–Kier alpha value is -1.03. The van der Waals surface area contributed by atoms with Crippen molar-refractivity contribution in [3.63, 3.8) is 0 Å². The minimum absolute atomic E-state index is 0.0471. The molecule has 104 valence electrons. The maximum Gasteiger partial charge on any atom is 0.251 e. The quantitative estimate of drug-likeness (QED) is 0.818. The van der Waals surface area contributed by atoms with E-state index in [0.717, 1.165) is 10.0 Å². The number of rotatable bonds is 2. The average molecular weight is 325 g/mol. The minimum Gasteiger partial charge on any atom is -0.398 e. The molecular formula is C15H21BrN2O. The van der Waals surface area contributed by atoms with Crippen LogP contribution in [0.1, 0.15) is 43.6 Å². The van der Waals surface area contributed by atoms with Crippen molar-refractivity contribution < 1.29 is 4.79 Å². The molecule has 0 atom stereocenters. The smallest absolute Gasteiger partial charge is 0.251 e. The molecule has 1 fully saturated rings. The van der Waals surface area contributed by atoms with Crippen molar-refractivity contribution in [2.75, 3.05) is 5.73 Å². The van der Waals surface area contributed by atoms with Crippen LogP contribution in [0.5, 0.6) is 0 Å². The van der Waals surface area contributed by atoms with Crippen LogP contribution in [0.25, 0.3) is 0 Å². The molecule has 0 radical (unpaired) electrons. The third-order valence-electron chi connectivity index (χ3n) is 4.95. The zero-order valence-corrected chi connectivity index (χ0v) is 13.7. The van der Waals surface area contributed by atoms with Gasteiger partial charge < -0.3 is 11.1 Å². The van der Waals surface area contributed by atoms with E-state index in [1.54, 1.807) is 0 Å². The molecule has 0 heterocycles. The van der Waals surface area contributed by atoms with Gasteiger partial charge in [-0.05, 0) is 35.4 Å². The molecular weight excluding hydrogens is 304 g/mol. The van der Waals surface area contributed by atoms with Gasteiger partial charge in [0.15, 0.2) is 0 Å². The molecule has 0 aromatic heterocycles. The molecule has 0 aliphatic heterocycles. The first-order valence-corrected chi connectivity index (χ1v) is 7.25. The van der Waals surface area contributed by atoms with Crippen molar-refractivity contribution >= 4 is 27.5 Å². The van der Waals surface area contributed by atoms with E-state index in [1.165, 1.54) is 0 Å². The molecule has 1 amide bonds. The van der Waals surface area contributed by atoms with E-state index in [1.807, 2.05) is 19.1 Å². The van der Waals surface area contributed by atoms with Crippen molar-refractivity contribution in [1.82, 2.24) is 5.32 Å². The number of carbonyl (C=O) groups is 1. The third kappa shape index (κ3) is 2.16. The second-order valence-corrected chi connectivity index (χ2v) is 7.43. The van der Waals surface area contributed by atoms with Gasteiger partial charge in [-0.25, -0.2) is 0 Å². The highest BCUT2D eigenvalue weighted by molar-refractivity contribution is 9.10. The summed E-state index contributed by atoms with van der Waals surface area (Å²) in [6.07, 6.45) is 0. The average Bonchev–Trinajstić information content (AvgIpc) is 2.66. The van der Waals surface area contributed by atoms with Crippen LogP contribution in [0.3, 0.4) is 0 Å². The number of hydrogen-bond donors (Lipinski definition) is 2. The van der Waals surface area contributed by atoms with Gasteiger partial charge >= 0.3 is 0 Å². The molecule has 1 aromatic carbocycles. The lowest BCUT2D eigenvalue weighted by Gasteiger charge is -2.11. The van der Waals surface area contributed by atoms with E-state index >= 15 is 0 Å². The van der Waals surface area contributed by atoms with Gasteiger partial charge in [0.1, 0.15) is 0 Å². The summed E-state index contributed by atoms with van der Waals surface area (Å²) in [5.74, 6) is -0.0471. The third-order valence-corrected chi connectivity index (χ3v) is 5.41. The highest BCUT2D eigenvalue weighted by Crippen LogP contribution is 2.62. The van der Waals surface area contributed by atoms with Crippen molar-refractivity contribution in [1.29, 1.82) is 0 Å². The first-order chi connectivity index (χ1) is 8.59. The largest absolute Gasteiger partial charge is 0.398 e. The topological polar surface area (TPSA) is 55.1 Å². The van der Waals surface area contributed by atoms with Gasteiger partial charge in [-0.3, -0.25) is 4.79 Å². The van der Waals surface area contributed by atoms with Gasteiger partial charge in [-0.1, -0.05) is 43.6 Å². The number of halogens is 1. The standard InChI is InChI=1S/C15H21BrN2O/c1-8-10(6-9(16)7-11(8)17)12(19)18-13-14(2,3)15(13,4)5/h6-7,13H,17H2,1-5H3,(H,18,19). The first-order valence-electron chi connectivity index (χ1n) is 6.45. The second-order valence-electron chi connectivity index (χ2n) is 6.52. The molecule has 0 spiro atoms. The van der Waals surface area contributed by atoms with Crippen LogP contribution in [0, 0.1) is 17.8 Å². The molecule has 1 aromatic rings. The Labute approximate surface area is 123 Å². The number of carbonyl (C=O) groups excluding carboxylic acids is 1. The minimum atomic E-state index is -0.0471. The van der Waals surface area contributed by atoms with Crippen molar-refractivity contribution in [2.45, 2.75) is 40.7 Å². The van der Waals surface area contributed by atoms with Crippen molar-refractivity contribution in [3.05, 3.63) is 27.7 Å². The molecule has 0 bridgehead atoms. The fourth-order valence-electron chi connectivity index (χ4n) is 2.70. The monoisotopic (exact) mass is 324 g/mol. The van der Waals surface area contributed by atoms with Gasteiger partial charge in [0, 0.05) is 21.8 Å². The maximum absolute atomic E-state index is 12.4. The summed E-state index contributed by atoms with van der Waals surface area (Å²) in [4.78, 5) is 12.4. The Bertz CT molecular complexity index is 535. The molecule has 1 aliphatic rings. The van der Waals surface area contributed by atoms with Gasteiger partial charge in [0.2, 0.25) is 0 Å². The van der Waals surface area contributed by atoms with Crippen LogP contribution in [0.2, 0.25) is 0 Å². The van der Waals surface area contributed by atoms with Crippen LogP contribution in [-0.2, 0) is 0 Å². The van der Waals surface area contributed by atoms with Crippen LogP contribution >= 0.6 is 15.9 Å². The van der Waals surface area contributed by atoms with Crippen molar-refractivity contribution in [2.24, 2.45) is 10.8 Å². The molecule has 4 heteroatoms. The maximum atomic E-state index is 12.4. The molecule has 3 nitrogen and oxygen atoms in total. The van der Waals surface area contributed by atoms with E-state index in [2.05, 4.69) is 48.9 Å². The molecule has 2 rings (SSSR count). The summed E-state index contributed by atoms with van der Waals surface area (Å²) in [5, 5.41) is 3.13. The predicted octanol–water partition coefficient (Wildman–Crippen LogP) is 3.50. The molecule has 1 aliphatic carbocycles. The van der Waals surface area contributed by atoms with Gasteiger partial charge in [-0.2, -0.15) is 0 Å². The van der Waals surface area contributed by atoms with Crippen LogP contribution in [0.15, 0.2) is 16.6 Å². The Morgan fingerprint density at radius 2 is 1.79 bits per heavy atom. The van der Waals surface area contributed by atoms with Crippen molar-refractivity contribution in [3.8, 4) is 0 Å². The van der Waals surface area contributed by atoms with Gasteiger partial charge in [-0.15, -0.1) is 0 Å². The molecule has 19 heavy (non-hydrogen) atoms. The summed E-state index contributed by atoms with van der Waals surface area (Å²) < 4.78 is 0.829. The zero-order valence-electron chi connectivity index (χ0n) is 12.1. The summed E-state index contributed by atoms with van der Waals surface area (Å²) in [6.45, 7) is 10.6. The number of nitrogens with one attached hydrogen (secondary N) is 1. The van der Waals surface area contributed by atoms with E-state index in [0.29, 0.717) is 11.3 Å². The Kier molecular flexibility index (Phi) is 3.21. The fourth-order valence-corrected chi connectivity index (χ4v) is 3.18. The van der Waals surface area contributed by atoms with E-state index in [9.17, 15) is 4.79 Å². The number of amides is 1. The van der Waals surface area contributed by atoms with E-state index in [-0.39, 0.29) is 22.8 Å². The first kappa shape index (κ1) is 14.4. The van der Waals surface area contributed by atoms with Gasteiger partial charge in [0.25, 0.3) is 5.91 Å². The zero-order chi connectivity index (χ0) is 14.6. The molecule has 1 saturated carbocycles. The molecule has 3 N–H and O–H groups in total. The second kappa shape index (κ2) is 4.23. The Morgan fingerprint density at radius 3 is 2.26 bits per heavy atom. The lowest BCUT2D eigenvalue weighted by atomic mass is 10.0. The Morgan fingerprint density at radius 1 is 1.26 bits per heavy atom. The lowest BCUT2D eigenvalue weighted by Crippen LogP contribution is -2.30. The van der Waals surface area contributed by atoms with Gasteiger partial charge in [0.05, 0.1) is 0 Å². The summed E-state index contributed by atoms with van der Waals surface area (Å²) in [5.41, 5.74) is 8.28. The summed E-state index contributed by atoms with van der Waals surface area (Å²) in [6, 6.07) is 3.84. The molecule has 0 unspecified atom stereocenters. The lowest BCUT2D eigenvalue weighted by molar-refractivity contribution is 0.0943. The Balaban J connectivity index is 2.24. The number of nitrogens with two attached hydrogens (primary N) is 1. The summed E-state index contributed by atoms with van der Waals surface area (Å²) in [7, 11) is 0. The highest BCUT2D eigenvalue weighted by atomic mass is 79.9. The van der Waals surface area contributed by atoms with Crippen LogP contribution < -0.4 is 11.1 Å². The van der Waals surface area contributed by atoms with Crippen LogP contribution in [-0.4, -0.2) is 11.9 Å². The van der Waals surface area contributed by atoms with E-state index in [4.69, 9.17) is 5.73 Å². The number of hydrogen-bond acceptors (Lipinski definition) is 2. The number of nitrogen functional groups attached to an aromatic ring is 1.